The van der Waals surface area contributed by atoms with Gasteiger partial charge in [0, 0.05) is 5.56 Å². The van der Waals surface area contributed by atoms with Gasteiger partial charge in [0.05, 0.1) is 0 Å². The lowest BCUT2D eigenvalue weighted by molar-refractivity contribution is 0.473. The number of aryl methyl sites for hydroxylation is 1. The molecule has 0 bridgehead atoms. The summed E-state index contributed by atoms with van der Waals surface area (Å²) >= 11 is 0. The monoisotopic (exact) mass is 190 g/mol. The van der Waals surface area contributed by atoms with Gasteiger partial charge in [0.2, 0.25) is 0 Å². The van der Waals surface area contributed by atoms with Gasteiger partial charge in [0.15, 0.2) is 0 Å². The van der Waals surface area contributed by atoms with Crippen molar-refractivity contribution < 1.29 is 5.11 Å². The highest BCUT2D eigenvalue weighted by Gasteiger charge is 2.02. The van der Waals surface area contributed by atoms with Crippen molar-refractivity contribution in [3.05, 3.63) is 42.0 Å². The van der Waals surface area contributed by atoms with Gasteiger partial charge in [-0.2, -0.15) is 0 Å². The SMILES string of the molecule is C=Cc1cc(C)cc(O)c1C=C.CC. The maximum absolute atomic E-state index is 9.48. The summed E-state index contributed by atoms with van der Waals surface area (Å²) in [4.78, 5) is 0. The van der Waals surface area contributed by atoms with Crippen LogP contribution in [0.25, 0.3) is 12.2 Å². The normalized spacial score (nSPS) is 8.50. The molecule has 0 aliphatic rings. The van der Waals surface area contributed by atoms with Gasteiger partial charge in [-0.05, 0) is 24.1 Å². The molecule has 0 radical (unpaired) electrons. The van der Waals surface area contributed by atoms with E-state index in [1.807, 2.05) is 26.8 Å². The first-order valence-electron chi connectivity index (χ1n) is 4.77. The van der Waals surface area contributed by atoms with Crippen LogP contribution in [0.4, 0.5) is 0 Å². The van der Waals surface area contributed by atoms with Gasteiger partial charge in [-0.15, -0.1) is 0 Å². The fourth-order valence-corrected chi connectivity index (χ4v) is 1.20. The lowest BCUT2D eigenvalue weighted by atomic mass is 10.0. The standard InChI is InChI=1S/C11H12O.C2H6/c1-4-9-6-8(3)7-11(12)10(9)5-2;1-2/h4-7,12H,1-2H2,3H3;1-2H3. The first kappa shape index (κ1) is 12.5. The van der Waals surface area contributed by atoms with E-state index < -0.39 is 0 Å². The molecule has 0 saturated carbocycles. The average molecular weight is 190 g/mol. The smallest absolute Gasteiger partial charge is 0.123 e. The molecule has 1 heteroatoms. The van der Waals surface area contributed by atoms with E-state index >= 15 is 0 Å². The quantitative estimate of drug-likeness (QED) is 0.747. The molecule has 14 heavy (non-hydrogen) atoms. The molecular weight excluding hydrogens is 172 g/mol. The zero-order valence-electron chi connectivity index (χ0n) is 9.17. The van der Waals surface area contributed by atoms with Crippen LogP contribution in [0.2, 0.25) is 0 Å². The second-order valence-corrected chi connectivity index (χ2v) is 2.70. The van der Waals surface area contributed by atoms with Gasteiger partial charge in [-0.25, -0.2) is 0 Å². The predicted octanol–water partition coefficient (Wildman–Crippen LogP) is 4.01. The van der Waals surface area contributed by atoms with Crippen LogP contribution in [0.15, 0.2) is 25.3 Å². The molecule has 0 heterocycles. The predicted molar refractivity (Wildman–Crippen MR) is 64.4 cm³/mol. The van der Waals surface area contributed by atoms with Gasteiger partial charge in [0.1, 0.15) is 5.75 Å². The number of phenolic OH excluding ortho intramolecular Hbond substituents is 1. The second-order valence-electron chi connectivity index (χ2n) is 2.70. The Morgan fingerprint density at radius 2 is 1.71 bits per heavy atom. The Morgan fingerprint density at radius 3 is 2.14 bits per heavy atom. The van der Waals surface area contributed by atoms with Crippen molar-refractivity contribution in [2.45, 2.75) is 20.8 Å². The van der Waals surface area contributed by atoms with E-state index in [0.717, 1.165) is 16.7 Å². The van der Waals surface area contributed by atoms with Gasteiger partial charge < -0.3 is 5.11 Å². The number of hydrogen-bond donors (Lipinski definition) is 1. The first-order chi connectivity index (χ1) is 6.69. The van der Waals surface area contributed by atoms with Crippen molar-refractivity contribution in [1.82, 2.24) is 0 Å². The molecule has 1 aromatic rings. The molecule has 0 spiro atoms. The Labute approximate surface area is 86.4 Å². The van der Waals surface area contributed by atoms with E-state index in [0.29, 0.717) is 0 Å². The van der Waals surface area contributed by atoms with Crippen LogP contribution < -0.4 is 0 Å². The highest BCUT2D eigenvalue weighted by Crippen LogP contribution is 2.24. The van der Waals surface area contributed by atoms with Crippen LogP contribution in [-0.4, -0.2) is 5.11 Å². The molecule has 0 aliphatic carbocycles. The molecule has 0 aromatic heterocycles. The van der Waals surface area contributed by atoms with Crippen LogP contribution in [0, 0.1) is 6.92 Å². The maximum atomic E-state index is 9.48. The Bertz CT molecular complexity index is 324. The number of phenols is 1. The zero-order valence-corrected chi connectivity index (χ0v) is 9.17. The Balaban J connectivity index is 0.000000791. The van der Waals surface area contributed by atoms with Crippen molar-refractivity contribution in [1.29, 1.82) is 0 Å². The van der Waals surface area contributed by atoms with E-state index in [2.05, 4.69) is 13.2 Å². The summed E-state index contributed by atoms with van der Waals surface area (Å²) in [5.74, 6) is 0.264. The Hall–Kier alpha value is -1.50. The number of hydrogen-bond acceptors (Lipinski definition) is 1. The minimum atomic E-state index is 0.264. The van der Waals surface area contributed by atoms with Gasteiger partial charge in [0.25, 0.3) is 0 Å². The molecule has 1 N–H and O–H groups in total. The topological polar surface area (TPSA) is 20.2 Å². The molecular formula is C13H18O. The molecule has 0 unspecified atom stereocenters. The summed E-state index contributed by atoms with van der Waals surface area (Å²) < 4.78 is 0. The number of rotatable bonds is 2. The van der Waals surface area contributed by atoms with E-state index in [1.165, 1.54) is 0 Å². The largest absolute Gasteiger partial charge is 0.507 e. The van der Waals surface area contributed by atoms with Crippen molar-refractivity contribution in [2.24, 2.45) is 0 Å². The van der Waals surface area contributed by atoms with Crippen molar-refractivity contribution >= 4 is 12.2 Å². The van der Waals surface area contributed by atoms with Crippen LogP contribution >= 0.6 is 0 Å². The summed E-state index contributed by atoms with van der Waals surface area (Å²) in [6.45, 7) is 13.2. The molecule has 1 aromatic carbocycles. The summed E-state index contributed by atoms with van der Waals surface area (Å²) in [6, 6.07) is 3.67. The maximum Gasteiger partial charge on any atom is 0.123 e. The molecule has 1 rings (SSSR count). The zero-order chi connectivity index (χ0) is 11.1. The van der Waals surface area contributed by atoms with E-state index in [1.54, 1.807) is 18.2 Å². The summed E-state index contributed by atoms with van der Waals surface area (Å²) in [5.41, 5.74) is 2.69. The average Bonchev–Trinajstić information content (AvgIpc) is 2.19. The lowest BCUT2D eigenvalue weighted by Crippen LogP contribution is -1.83. The fraction of sp³-hybridized carbons (Fsp3) is 0.231. The number of aromatic hydroxyl groups is 1. The van der Waals surface area contributed by atoms with E-state index in [-0.39, 0.29) is 5.75 Å². The molecule has 0 aliphatic heterocycles. The third-order valence-corrected chi connectivity index (χ3v) is 1.76. The second kappa shape index (κ2) is 6.03. The summed E-state index contributed by atoms with van der Waals surface area (Å²) in [6.07, 6.45) is 3.34. The minimum Gasteiger partial charge on any atom is -0.507 e. The summed E-state index contributed by atoms with van der Waals surface area (Å²) in [5, 5.41) is 9.48. The van der Waals surface area contributed by atoms with Gasteiger partial charge in [-0.3, -0.25) is 0 Å². The highest BCUT2D eigenvalue weighted by molar-refractivity contribution is 5.69. The van der Waals surface area contributed by atoms with E-state index in [9.17, 15) is 5.11 Å². The van der Waals surface area contributed by atoms with Crippen molar-refractivity contribution in [2.75, 3.05) is 0 Å². The third-order valence-electron chi connectivity index (χ3n) is 1.76. The molecule has 0 fully saturated rings. The molecule has 0 amide bonds. The first-order valence-corrected chi connectivity index (χ1v) is 4.77. The minimum absolute atomic E-state index is 0.264. The van der Waals surface area contributed by atoms with Crippen LogP contribution in [-0.2, 0) is 0 Å². The Kier molecular flexibility index (Phi) is 5.38. The van der Waals surface area contributed by atoms with Gasteiger partial charge in [-0.1, -0.05) is 45.2 Å². The van der Waals surface area contributed by atoms with Crippen LogP contribution in [0.1, 0.15) is 30.5 Å². The van der Waals surface area contributed by atoms with Crippen LogP contribution in [0.5, 0.6) is 5.75 Å². The Morgan fingerprint density at radius 1 is 1.14 bits per heavy atom. The van der Waals surface area contributed by atoms with Crippen molar-refractivity contribution in [3.63, 3.8) is 0 Å². The van der Waals surface area contributed by atoms with Crippen LogP contribution in [0.3, 0.4) is 0 Å². The molecule has 1 nitrogen and oxygen atoms in total. The fourth-order valence-electron chi connectivity index (χ4n) is 1.20. The molecule has 76 valence electrons. The summed E-state index contributed by atoms with van der Waals surface area (Å²) in [7, 11) is 0. The molecule has 0 atom stereocenters. The third kappa shape index (κ3) is 2.77. The molecule has 0 saturated heterocycles. The van der Waals surface area contributed by atoms with Crippen molar-refractivity contribution in [3.8, 4) is 5.75 Å². The lowest BCUT2D eigenvalue weighted by Gasteiger charge is -2.05. The number of benzene rings is 1. The van der Waals surface area contributed by atoms with Gasteiger partial charge >= 0.3 is 0 Å². The van der Waals surface area contributed by atoms with E-state index in [4.69, 9.17) is 0 Å². The highest BCUT2D eigenvalue weighted by atomic mass is 16.3.